The summed E-state index contributed by atoms with van der Waals surface area (Å²) in [6.07, 6.45) is 1.55. The van der Waals surface area contributed by atoms with Gasteiger partial charge in [-0.05, 0) is 36.6 Å². The van der Waals surface area contributed by atoms with Gasteiger partial charge in [-0.1, -0.05) is 31.9 Å². The molecule has 0 heterocycles. The Hall–Kier alpha value is 0.390. The highest BCUT2D eigenvalue weighted by Crippen LogP contribution is 2.25. The first-order valence-corrected chi connectivity index (χ1v) is 6.04. The molecule has 0 bridgehead atoms. The highest BCUT2D eigenvalue weighted by Gasteiger charge is 2.06. The lowest BCUT2D eigenvalue weighted by atomic mass is 10.0. The van der Waals surface area contributed by atoms with Gasteiger partial charge < -0.3 is 10.8 Å². The summed E-state index contributed by atoms with van der Waals surface area (Å²) in [6.45, 7) is 0.197. The lowest BCUT2D eigenvalue weighted by Crippen LogP contribution is -2.10. The zero-order valence-corrected chi connectivity index (χ0v) is 12.1. The molecule has 0 unspecified atom stereocenters. The Morgan fingerprint density at radius 3 is 2.20 bits per heavy atom. The van der Waals surface area contributed by atoms with Gasteiger partial charge in [0.05, 0.1) is 0 Å². The smallest absolute Gasteiger partial charge is 0.0431 e. The van der Waals surface area contributed by atoms with Gasteiger partial charge in [0.1, 0.15) is 0 Å². The Morgan fingerprint density at radius 1 is 1.20 bits per heavy atom. The molecule has 0 aromatic heterocycles. The fourth-order valence-corrected chi connectivity index (χ4v) is 2.60. The van der Waals surface area contributed by atoms with Crippen LogP contribution in [0.1, 0.15) is 24.4 Å². The molecule has 15 heavy (non-hydrogen) atoms. The molecule has 0 aliphatic carbocycles. The molecule has 86 valence electrons. The molecule has 0 saturated heterocycles. The van der Waals surface area contributed by atoms with Crippen molar-refractivity contribution in [2.45, 2.75) is 18.9 Å². The lowest BCUT2D eigenvalue weighted by molar-refractivity contribution is 0.280. The summed E-state index contributed by atoms with van der Waals surface area (Å²) >= 11 is 6.83. The molecule has 0 aliphatic heterocycles. The van der Waals surface area contributed by atoms with Crippen LogP contribution in [-0.4, -0.2) is 11.7 Å². The summed E-state index contributed by atoms with van der Waals surface area (Å²) in [4.78, 5) is 0. The van der Waals surface area contributed by atoms with Crippen LogP contribution in [0.15, 0.2) is 27.1 Å². The van der Waals surface area contributed by atoms with E-state index in [2.05, 4.69) is 31.9 Å². The number of hydrogen-bond donors (Lipinski definition) is 2. The number of aliphatic hydroxyl groups is 1. The van der Waals surface area contributed by atoms with E-state index in [1.807, 2.05) is 18.2 Å². The molecular weight excluding hydrogens is 345 g/mol. The van der Waals surface area contributed by atoms with E-state index in [-0.39, 0.29) is 25.1 Å². The first kappa shape index (κ1) is 15.4. The molecule has 0 spiro atoms. The van der Waals surface area contributed by atoms with Gasteiger partial charge in [0.15, 0.2) is 0 Å². The van der Waals surface area contributed by atoms with Crippen molar-refractivity contribution in [3.63, 3.8) is 0 Å². The monoisotopic (exact) mass is 357 g/mol. The Morgan fingerprint density at radius 2 is 1.73 bits per heavy atom. The minimum Gasteiger partial charge on any atom is -0.396 e. The summed E-state index contributed by atoms with van der Waals surface area (Å²) in [7, 11) is 0. The number of rotatable bonds is 4. The van der Waals surface area contributed by atoms with Gasteiger partial charge >= 0.3 is 0 Å². The van der Waals surface area contributed by atoms with Crippen molar-refractivity contribution in [3.05, 3.63) is 32.7 Å². The molecule has 0 amide bonds. The second kappa shape index (κ2) is 7.63. The molecule has 0 saturated carbocycles. The number of aliphatic hydroxyl groups excluding tert-OH is 1. The third-order valence-corrected chi connectivity index (χ3v) is 2.90. The maximum absolute atomic E-state index is 8.70. The van der Waals surface area contributed by atoms with E-state index < -0.39 is 0 Å². The van der Waals surface area contributed by atoms with Crippen LogP contribution in [0, 0.1) is 0 Å². The van der Waals surface area contributed by atoms with Crippen molar-refractivity contribution < 1.29 is 5.11 Å². The van der Waals surface area contributed by atoms with Gasteiger partial charge in [0, 0.05) is 21.6 Å². The largest absolute Gasteiger partial charge is 0.396 e. The van der Waals surface area contributed by atoms with Crippen LogP contribution in [0.3, 0.4) is 0 Å². The first-order valence-electron chi connectivity index (χ1n) is 4.46. The average molecular weight is 359 g/mol. The maximum atomic E-state index is 8.70. The van der Waals surface area contributed by atoms with Crippen molar-refractivity contribution in [3.8, 4) is 0 Å². The number of nitrogens with two attached hydrogens (primary N) is 1. The average Bonchev–Trinajstić information content (AvgIpc) is 2.12. The van der Waals surface area contributed by atoms with Gasteiger partial charge in [-0.3, -0.25) is 0 Å². The Balaban J connectivity index is 0.00000196. The fraction of sp³-hybridized carbons (Fsp3) is 0.400. The molecule has 1 aromatic carbocycles. The van der Waals surface area contributed by atoms with Crippen molar-refractivity contribution in [2.75, 3.05) is 6.61 Å². The highest BCUT2D eigenvalue weighted by atomic mass is 79.9. The molecule has 5 heteroatoms. The van der Waals surface area contributed by atoms with E-state index in [1.54, 1.807) is 0 Å². The minimum absolute atomic E-state index is 0. The second-order valence-electron chi connectivity index (χ2n) is 3.18. The van der Waals surface area contributed by atoms with E-state index >= 15 is 0 Å². The first-order chi connectivity index (χ1) is 6.63. The minimum atomic E-state index is -0.00375. The molecule has 2 nitrogen and oxygen atoms in total. The van der Waals surface area contributed by atoms with E-state index in [0.717, 1.165) is 27.4 Å². The van der Waals surface area contributed by atoms with Crippen molar-refractivity contribution in [2.24, 2.45) is 5.73 Å². The summed E-state index contributed by atoms with van der Waals surface area (Å²) in [5.41, 5.74) is 7.05. The van der Waals surface area contributed by atoms with Gasteiger partial charge in [-0.15, -0.1) is 12.4 Å². The van der Waals surface area contributed by atoms with E-state index in [4.69, 9.17) is 10.8 Å². The quantitative estimate of drug-likeness (QED) is 0.865. The van der Waals surface area contributed by atoms with E-state index in [0.29, 0.717) is 0 Å². The van der Waals surface area contributed by atoms with Crippen molar-refractivity contribution in [1.82, 2.24) is 0 Å². The lowest BCUT2D eigenvalue weighted by Gasteiger charge is -2.12. The van der Waals surface area contributed by atoms with Crippen molar-refractivity contribution in [1.29, 1.82) is 0 Å². The maximum Gasteiger partial charge on any atom is 0.0431 e. The van der Waals surface area contributed by atoms with Crippen LogP contribution in [0.2, 0.25) is 0 Å². The molecule has 0 aliphatic rings. The Labute approximate surface area is 113 Å². The van der Waals surface area contributed by atoms with Crippen LogP contribution in [0.25, 0.3) is 0 Å². The Kier molecular flexibility index (Phi) is 7.83. The zero-order chi connectivity index (χ0) is 10.6. The normalized spacial score (nSPS) is 12.0. The standard InChI is InChI=1S/C10H13Br2NO.ClH/c11-8-4-7(5-9(12)6-8)10(13)2-1-3-14;/h4-6,10,14H,1-3,13H2;1H/t10-;/m0./s1. The predicted molar refractivity (Wildman–Crippen MR) is 72.3 cm³/mol. The van der Waals surface area contributed by atoms with Gasteiger partial charge in [-0.2, -0.15) is 0 Å². The molecule has 0 fully saturated rings. The topological polar surface area (TPSA) is 46.2 Å². The highest BCUT2D eigenvalue weighted by molar-refractivity contribution is 9.11. The van der Waals surface area contributed by atoms with Crippen LogP contribution in [0.4, 0.5) is 0 Å². The van der Waals surface area contributed by atoms with E-state index in [1.165, 1.54) is 0 Å². The summed E-state index contributed by atoms with van der Waals surface area (Å²) in [6, 6.07) is 5.98. The molecule has 0 radical (unpaired) electrons. The van der Waals surface area contributed by atoms with Gasteiger partial charge in [-0.25, -0.2) is 0 Å². The van der Waals surface area contributed by atoms with Gasteiger partial charge in [0.25, 0.3) is 0 Å². The third kappa shape index (κ3) is 5.31. The fourth-order valence-electron chi connectivity index (χ4n) is 1.27. The number of hydrogen-bond acceptors (Lipinski definition) is 2. The second-order valence-corrected chi connectivity index (χ2v) is 5.01. The van der Waals surface area contributed by atoms with Crippen molar-refractivity contribution >= 4 is 44.3 Å². The summed E-state index contributed by atoms with van der Waals surface area (Å²) in [5.74, 6) is 0. The van der Waals surface area contributed by atoms with Gasteiger partial charge in [0.2, 0.25) is 0 Å². The Bertz CT molecular complexity index is 289. The zero-order valence-electron chi connectivity index (χ0n) is 8.12. The summed E-state index contributed by atoms with van der Waals surface area (Å²) < 4.78 is 2.03. The van der Waals surface area contributed by atoms with E-state index in [9.17, 15) is 0 Å². The molecular formula is C10H14Br2ClNO. The SMILES string of the molecule is Cl.N[C@@H](CCCO)c1cc(Br)cc(Br)c1. The molecule has 1 aromatic rings. The number of halogens is 3. The van der Waals surface area contributed by atoms with Crippen LogP contribution in [-0.2, 0) is 0 Å². The summed E-state index contributed by atoms with van der Waals surface area (Å²) in [5, 5.41) is 8.70. The van der Waals surface area contributed by atoms with Crippen LogP contribution < -0.4 is 5.73 Å². The molecule has 1 atom stereocenters. The third-order valence-electron chi connectivity index (χ3n) is 1.99. The predicted octanol–water partition coefficient (Wildman–Crippen LogP) is 3.41. The molecule has 1 rings (SSSR count). The van der Waals surface area contributed by atoms with Crippen LogP contribution >= 0.6 is 44.3 Å². The molecule has 3 N–H and O–H groups in total. The van der Waals surface area contributed by atoms with Crippen LogP contribution in [0.5, 0.6) is 0 Å². The number of benzene rings is 1.